The molecule has 7 heteroatoms. The summed E-state index contributed by atoms with van der Waals surface area (Å²) in [6, 6.07) is 15.1. The van der Waals surface area contributed by atoms with Gasteiger partial charge >= 0.3 is 5.97 Å². The zero-order valence-electron chi connectivity index (χ0n) is 15.6. The Hall–Kier alpha value is -3.19. The van der Waals surface area contributed by atoms with Gasteiger partial charge in [-0.25, -0.2) is 0 Å². The number of esters is 1. The van der Waals surface area contributed by atoms with Gasteiger partial charge in [-0.2, -0.15) is 4.99 Å². The van der Waals surface area contributed by atoms with Gasteiger partial charge in [-0.3, -0.25) is 9.59 Å². The van der Waals surface area contributed by atoms with E-state index < -0.39 is 11.9 Å². The molecule has 1 aromatic heterocycles. The van der Waals surface area contributed by atoms with Crippen LogP contribution in [0, 0.1) is 0 Å². The van der Waals surface area contributed by atoms with Gasteiger partial charge in [0, 0.05) is 6.08 Å². The second-order valence-electron chi connectivity index (χ2n) is 5.78. The number of aromatic nitrogens is 1. The lowest BCUT2D eigenvalue weighted by molar-refractivity contribution is -0.141. The number of fused-ring (bicyclic) bond motifs is 1. The molecule has 0 aliphatic rings. The molecule has 0 aliphatic heterocycles. The Morgan fingerprint density at radius 2 is 1.93 bits per heavy atom. The number of hydrogen-bond donors (Lipinski definition) is 0. The van der Waals surface area contributed by atoms with Crippen molar-refractivity contribution in [2.24, 2.45) is 4.99 Å². The molecule has 0 aliphatic carbocycles. The molecule has 3 rings (SSSR count). The number of para-hydroxylation sites is 1. The van der Waals surface area contributed by atoms with E-state index in [0.29, 0.717) is 17.2 Å². The molecule has 0 fully saturated rings. The minimum Gasteiger partial charge on any atom is -0.492 e. The van der Waals surface area contributed by atoms with Crippen LogP contribution in [0.15, 0.2) is 59.6 Å². The third-order valence-electron chi connectivity index (χ3n) is 3.90. The summed E-state index contributed by atoms with van der Waals surface area (Å²) in [7, 11) is 1.32. The number of amides is 1. The zero-order valence-corrected chi connectivity index (χ0v) is 16.4. The highest BCUT2D eigenvalue weighted by molar-refractivity contribution is 7.16. The lowest BCUT2D eigenvalue weighted by atomic mass is 10.2. The van der Waals surface area contributed by atoms with E-state index in [0.717, 1.165) is 15.8 Å². The molecule has 0 saturated heterocycles. The highest BCUT2D eigenvalue weighted by Gasteiger charge is 2.15. The zero-order chi connectivity index (χ0) is 19.9. The van der Waals surface area contributed by atoms with E-state index in [4.69, 9.17) is 9.47 Å². The number of benzene rings is 2. The number of methoxy groups -OCH3 is 1. The number of rotatable bonds is 6. The highest BCUT2D eigenvalue weighted by atomic mass is 32.1. The van der Waals surface area contributed by atoms with Gasteiger partial charge in [0.05, 0.1) is 18.4 Å². The topological polar surface area (TPSA) is 69.9 Å². The normalized spacial score (nSPS) is 11.9. The molecule has 28 heavy (non-hydrogen) atoms. The van der Waals surface area contributed by atoms with Crippen LogP contribution in [0.25, 0.3) is 16.3 Å². The summed E-state index contributed by atoms with van der Waals surface area (Å²) in [6.07, 6.45) is 3.11. The Bertz CT molecular complexity index is 1080. The summed E-state index contributed by atoms with van der Waals surface area (Å²) in [4.78, 5) is 28.9. The summed E-state index contributed by atoms with van der Waals surface area (Å²) < 4.78 is 13.0. The third-order valence-corrected chi connectivity index (χ3v) is 4.95. The van der Waals surface area contributed by atoms with Gasteiger partial charge in [-0.1, -0.05) is 47.7 Å². The van der Waals surface area contributed by atoms with Crippen molar-refractivity contribution in [3.05, 3.63) is 65.0 Å². The van der Waals surface area contributed by atoms with Gasteiger partial charge in [-0.15, -0.1) is 0 Å². The van der Waals surface area contributed by atoms with Crippen molar-refractivity contribution < 1.29 is 19.1 Å². The third kappa shape index (κ3) is 4.55. The van der Waals surface area contributed by atoms with E-state index in [9.17, 15) is 9.59 Å². The lowest BCUT2D eigenvalue weighted by Crippen LogP contribution is -2.22. The summed E-state index contributed by atoms with van der Waals surface area (Å²) >= 11 is 1.32. The maximum atomic E-state index is 12.4. The van der Waals surface area contributed by atoms with Gasteiger partial charge < -0.3 is 14.0 Å². The fourth-order valence-corrected chi connectivity index (χ4v) is 3.71. The van der Waals surface area contributed by atoms with Crippen LogP contribution in [0.5, 0.6) is 5.75 Å². The molecule has 2 aromatic carbocycles. The van der Waals surface area contributed by atoms with Gasteiger partial charge in [-0.05, 0) is 30.7 Å². The van der Waals surface area contributed by atoms with Crippen molar-refractivity contribution in [3.63, 3.8) is 0 Å². The molecule has 6 nitrogen and oxygen atoms in total. The molecule has 0 saturated carbocycles. The Kier molecular flexibility index (Phi) is 6.39. The van der Waals surface area contributed by atoms with Crippen LogP contribution in [0.2, 0.25) is 0 Å². The minimum absolute atomic E-state index is 0.0604. The average Bonchev–Trinajstić information content (AvgIpc) is 3.05. The van der Waals surface area contributed by atoms with Gasteiger partial charge in [0.25, 0.3) is 5.91 Å². The van der Waals surface area contributed by atoms with Crippen LogP contribution in [0.3, 0.4) is 0 Å². The number of hydrogen-bond acceptors (Lipinski definition) is 5. The minimum atomic E-state index is -0.431. The largest absolute Gasteiger partial charge is 0.492 e. The fourth-order valence-electron chi connectivity index (χ4n) is 2.66. The Morgan fingerprint density at radius 3 is 2.64 bits per heavy atom. The number of thiazole rings is 1. The molecule has 1 heterocycles. The van der Waals surface area contributed by atoms with Crippen LogP contribution >= 0.6 is 11.3 Å². The predicted molar refractivity (Wildman–Crippen MR) is 109 cm³/mol. The first kappa shape index (κ1) is 19.6. The number of carbonyl (C=O) groups is 2. The molecular weight excluding hydrogens is 376 g/mol. The molecule has 0 atom stereocenters. The Balaban J connectivity index is 2.05. The highest BCUT2D eigenvalue weighted by Crippen LogP contribution is 2.27. The van der Waals surface area contributed by atoms with Gasteiger partial charge in [0.1, 0.15) is 17.8 Å². The van der Waals surface area contributed by atoms with E-state index in [1.54, 1.807) is 10.6 Å². The summed E-state index contributed by atoms with van der Waals surface area (Å²) in [5.41, 5.74) is 1.63. The van der Waals surface area contributed by atoms with Crippen molar-refractivity contribution in [1.82, 2.24) is 4.57 Å². The molecule has 3 aromatic rings. The quantitative estimate of drug-likeness (QED) is 0.473. The fraction of sp³-hybridized carbons (Fsp3) is 0.190. The molecule has 0 radical (unpaired) electrons. The van der Waals surface area contributed by atoms with Crippen LogP contribution < -0.4 is 9.54 Å². The first-order valence-electron chi connectivity index (χ1n) is 8.76. The second-order valence-corrected chi connectivity index (χ2v) is 6.79. The summed E-state index contributed by atoms with van der Waals surface area (Å²) in [5.74, 6) is -0.208. The molecule has 144 valence electrons. The predicted octanol–water partition coefficient (Wildman–Crippen LogP) is 3.42. The van der Waals surface area contributed by atoms with Crippen LogP contribution in [-0.2, 0) is 20.9 Å². The molecule has 0 spiro atoms. The number of nitrogens with zero attached hydrogens (tertiary/aromatic N) is 2. The first-order chi connectivity index (χ1) is 13.6. The van der Waals surface area contributed by atoms with Crippen molar-refractivity contribution >= 4 is 39.5 Å². The molecule has 0 N–H and O–H groups in total. The lowest BCUT2D eigenvalue weighted by Gasteiger charge is -2.08. The Labute approximate surface area is 166 Å². The first-order valence-corrected chi connectivity index (χ1v) is 9.57. The van der Waals surface area contributed by atoms with E-state index in [-0.39, 0.29) is 6.54 Å². The standard InChI is InChI=1S/C21H20N2O4S/c1-3-27-16-10-7-11-17-20(16)23(14-19(25)26-2)21(28-17)22-18(24)13-12-15-8-5-4-6-9-15/h4-13H,3,14H2,1-2H3/b13-12+,22-21?. The van der Waals surface area contributed by atoms with Crippen molar-refractivity contribution in [3.8, 4) is 5.75 Å². The monoisotopic (exact) mass is 396 g/mol. The molecular formula is C21H20N2O4S. The molecule has 1 amide bonds. The van der Waals surface area contributed by atoms with Crippen LogP contribution in [0.4, 0.5) is 0 Å². The van der Waals surface area contributed by atoms with Crippen LogP contribution in [0.1, 0.15) is 12.5 Å². The van der Waals surface area contributed by atoms with Gasteiger partial charge in [0.15, 0.2) is 4.80 Å². The molecule has 0 unspecified atom stereocenters. The summed E-state index contributed by atoms with van der Waals surface area (Å²) in [5, 5.41) is 0. The maximum absolute atomic E-state index is 12.4. The number of ether oxygens (including phenoxy) is 2. The molecule has 0 bridgehead atoms. The van der Waals surface area contributed by atoms with Crippen molar-refractivity contribution in [1.29, 1.82) is 0 Å². The van der Waals surface area contributed by atoms with Gasteiger partial charge in [0.2, 0.25) is 0 Å². The van der Waals surface area contributed by atoms with E-state index in [2.05, 4.69) is 4.99 Å². The smallest absolute Gasteiger partial charge is 0.325 e. The summed E-state index contributed by atoms with van der Waals surface area (Å²) in [6.45, 7) is 2.31. The maximum Gasteiger partial charge on any atom is 0.325 e. The van der Waals surface area contributed by atoms with E-state index in [1.807, 2.05) is 55.5 Å². The van der Waals surface area contributed by atoms with E-state index >= 15 is 0 Å². The van der Waals surface area contributed by atoms with Crippen molar-refractivity contribution in [2.75, 3.05) is 13.7 Å². The average molecular weight is 396 g/mol. The van der Waals surface area contributed by atoms with Crippen LogP contribution in [-0.4, -0.2) is 30.2 Å². The van der Waals surface area contributed by atoms with E-state index in [1.165, 1.54) is 24.5 Å². The van der Waals surface area contributed by atoms with Crippen molar-refractivity contribution in [2.45, 2.75) is 13.5 Å². The second kappa shape index (κ2) is 9.14. The number of carbonyl (C=O) groups excluding carboxylic acids is 2. The Morgan fingerprint density at radius 1 is 1.14 bits per heavy atom. The SMILES string of the molecule is CCOc1cccc2sc(=NC(=O)/C=C/c3ccccc3)n(CC(=O)OC)c12.